The standard InChI is InChI=1S/C21H28ClN3O8/c1-4-16(33-3)19(30)14(22)7-8-17(27)23-12(2)21(32)25-9-5-6-15(25)20(31)24-13(11-26)10-18(28)29/h4,7,11-13,15,30H,1,5-6,8-10H2,2-3H3,(H,23,27)(H,24,31)(H,28,29)/b14-7+,19-16-/t12-,13-,15-/m0/s1. The second-order valence-electron chi connectivity index (χ2n) is 7.21. The van der Waals surface area contributed by atoms with Gasteiger partial charge in [-0.3, -0.25) is 19.2 Å². The van der Waals surface area contributed by atoms with Gasteiger partial charge in [0.25, 0.3) is 0 Å². The number of carboxylic acid groups (broad SMARTS) is 1. The minimum absolute atomic E-state index is 0.0266. The van der Waals surface area contributed by atoms with E-state index in [4.69, 9.17) is 21.4 Å². The maximum absolute atomic E-state index is 12.8. The number of allylic oxidation sites excluding steroid dienone is 2. The van der Waals surface area contributed by atoms with Gasteiger partial charge in [-0.1, -0.05) is 24.3 Å². The van der Waals surface area contributed by atoms with Crippen LogP contribution in [0.15, 0.2) is 35.3 Å². The van der Waals surface area contributed by atoms with Crippen LogP contribution in [0.4, 0.5) is 0 Å². The molecular weight excluding hydrogens is 458 g/mol. The van der Waals surface area contributed by atoms with Crippen LogP contribution in [0, 0.1) is 0 Å². The number of aliphatic carboxylic acids is 1. The van der Waals surface area contributed by atoms with Crippen molar-refractivity contribution in [3.8, 4) is 0 Å². The van der Waals surface area contributed by atoms with Crippen molar-refractivity contribution in [1.82, 2.24) is 15.5 Å². The number of nitrogens with one attached hydrogen (secondary N) is 2. The van der Waals surface area contributed by atoms with Crippen molar-refractivity contribution >= 4 is 41.6 Å². The summed E-state index contributed by atoms with van der Waals surface area (Å²) in [5.41, 5.74) is 0. The Bertz CT molecular complexity index is 854. The molecule has 33 heavy (non-hydrogen) atoms. The third kappa shape index (κ3) is 8.26. The number of hydrogen-bond acceptors (Lipinski definition) is 7. The normalized spacial score (nSPS) is 18.5. The van der Waals surface area contributed by atoms with Gasteiger partial charge in [-0.25, -0.2) is 0 Å². The molecule has 0 bridgehead atoms. The fraction of sp³-hybridized carbons (Fsp3) is 0.476. The molecule has 0 aromatic carbocycles. The smallest absolute Gasteiger partial charge is 0.305 e. The van der Waals surface area contributed by atoms with Crippen molar-refractivity contribution in [2.75, 3.05) is 13.7 Å². The lowest BCUT2D eigenvalue weighted by molar-refractivity contribution is -0.142. The molecule has 0 saturated carbocycles. The van der Waals surface area contributed by atoms with E-state index < -0.39 is 54.0 Å². The Balaban J connectivity index is 2.74. The van der Waals surface area contributed by atoms with Crippen LogP contribution in [0.1, 0.15) is 32.6 Å². The van der Waals surface area contributed by atoms with Crippen molar-refractivity contribution in [1.29, 1.82) is 0 Å². The number of aliphatic hydroxyl groups excluding tert-OH is 1. The summed E-state index contributed by atoms with van der Waals surface area (Å²) in [4.78, 5) is 60.6. The molecule has 1 rings (SSSR count). The summed E-state index contributed by atoms with van der Waals surface area (Å²) in [6, 6.07) is -3.05. The molecular formula is C21H28ClN3O8. The molecule has 3 atom stereocenters. The Morgan fingerprint density at radius 3 is 2.48 bits per heavy atom. The molecule has 1 fully saturated rings. The number of rotatable bonds is 12. The van der Waals surface area contributed by atoms with Gasteiger partial charge < -0.3 is 35.3 Å². The third-order valence-electron chi connectivity index (χ3n) is 4.80. The maximum atomic E-state index is 12.8. The van der Waals surface area contributed by atoms with Crippen molar-refractivity contribution in [3.63, 3.8) is 0 Å². The number of nitrogens with zero attached hydrogens (tertiary/aromatic N) is 1. The molecule has 0 radical (unpaired) electrons. The second-order valence-corrected chi connectivity index (χ2v) is 7.61. The Morgan fingerprint density at radius 2 is 1.94 bits per heavy atom. The molecule has 3 amide bonds. The molecule has 1 saturated heterocycles. The topological polar surface area (TPSA) is 162 Å². The fourth-order valence-corrected chi connectivity index (χ4v) is 3.36. The number of carbonyl (C=O) groups excluding carboxylic acids is 4. The first-order valence-corrected chi connectivity index (χ1v) is 10.5. The molecule has 0 unspecified atom stereocenters. The fourth-order valence-electron chi connectivity index (χ4n) is 3.19. The van der Waals surface area contributed by atoms with Crippen molar-refractivity contribution in [2.45, 2.75) is 50.7 Å². The van der Waals surface area contributed by atoms with Gasteiger partial charge in [0.15, 0.2) is 11.5 Å². The maximum Gasteiger partial charge on any atom is 0.305 e. The molecule has 0 aliphatic carbocycles. The van der Waals surface area contributed by atoms with E-state index in [0.29, 0.717) is 19.1 Å². The van der Waals surface area contributed by atoms with Crippen LogP contribution in [-0.4, -0.2) is 76.9 Å². The number of amides is 3. The summed E-state index contributed by atoms with van der Waals surface area (Å²) in [5, 5.41) is 23.4. The molecule has 182 valence electrons. The molecule has 1 heterocycles. The zero-order valence-electron chi connectivity index (χ0n) is 18.4. The lowest BCUT2D eigenvalue weighted by Gasteiger charge is -2.27. The number of likely N-dealkylation sites (tertiary alicyclic amines) is 1. The van der Waals surface area contributed by atoms with E-state index in [1.54, 1.807) is 0 Å². The quantitative estimate of drug-likeness (QED) is 0.179. The first-order valence-electron chi connectivity index (χ1n) is 10.1. The molecule has 4 N–H and O–H groups in total. The van der Waals surface area contributed by atoms with E-state index in [2.05, 4.69) is 17.2 Å². The Morgan fingerprint density at radius 1 is 1.27 bits per heavy atom. The van der Waals surface area contributed by atoms with E-state index in [1.165, 1.54) is 31.1 Å². The summed E-state index contributed by atoms with van der Waals surface area (Å²) in [6.07, 6.45) is 2.87. The average molecular weight is 486 g/mol. The van der Waals surface area contributed by atoms with Gasteiger partial charge in [-0.15, -0.1) is 0 Å². The number of halogens is 1. The SMILES string of the molecule is C=C/C(OC)=C(O)\C(Cl)=C/CC(=O)N[C@@H](C)C(=O)N1CCC[C@H]1C(=O)N[C@H](C=O)CC(=O)O. The van der Waals surface area contributed by atoms with Crippen LogP contribution in [0.25, 0.3) is 0 Å². The highest BCUT2D eigenvalue weighted by Gasteiger charge is 2.37. The average Bonchev–Trinajstić information content (AvgIpc) is 3.26. The van der Waals surface area contributed by atoms with Crippen molar-refractivity contribution < 1.29 is 38.9 Å². The molecule has 0 aromatic heterocycles. The molecule has 0 aromatic rings. The first kappa shape index (κ1) is 27.7. The number of carboxylic acids is 1. The zero-order valence-corrected chi connectivity index (χ0v) is 19.1. The molecule has 1 aliphatic rings. The predicted octanol–water partition coefficient (Wildman–Crippen LogP) is 0.755. The number of ether oxygens (including phenoxy) is 1. The van der Waals surface area contributed by atoms with Crippen LogP contribution in [0.3, 0.4) is 0 Å². The number of hydrogen-bond donors (Lipinski definition) is 4. The Hall–Kier alpha value is -3.34. The van der Waals surface area contributed by atoms with Gasteiger partial charge in [0.2, 0.25) is 17.7 Å². The van der Waals surface area contributed by atoms with E-state index in [-0.39, 0.29) is 23.8 Å². The highest BCUT2D eigenvalue weighted by Crippen LogP contribution is 2.20. The third-order valence-corrected chi connectivity index (χ3v) is 5.14. The van der Waals surface area contributed by atoms with Crippen LogP contribution in [-0.2, 0) is 28.7 Å². The van der Waals surface area contributed by atoms with Crippen LogP contribution in [0.2, 0.25) is 0 Å². The van der Waals surface area contributed by atoms with E-state index in [0.717, 1.165) is 0 Å². The van der Waals surface area contributed by atoms with Gasteiger partial charge in [-0.05, 0) is 25.8 Å². The van der Waals surface area contributed by atoms with Gasteiger partial charge >= 0.3 is 5.97 Å². The van der Waals surface area contributed by atoms with Gasteiger partial charge in [-0.2, -0.15) is 0 Å². The molecule has 0 spiro atoms. The largest absolute Gasteiger partial charge is 0.503 e. The number of aldehydes is 1. The van der Waals surface area contributed by atoms with Gasteiger partial charge in [0.1, 0.15) is 18.4 Å². The van der Waals surface area contributed by atoms with Crippen molar-refractivity contribution in [2.24, 2.45) is 0 Å². The van der Waals surface area contributed by atoms with Gasteiger partial charge in [0, 0.05) is 13.0 Å². The zero-order chi connectivity index (χ0) is 25.1. The molecule has 11 nitrogen and oxygen atoms in total. The minimum Gasteiger partial charge on any atom is -0.503 e. The lowest BCUT2D eigenvalue weighted by atomic mass is 10.1. The Kier molecular flexibility index (Phi) is 11.1. The molecule has 12 heteroatoms. The second kappa shape index (κ2) is 13.3. The number of methoxy groups -OCH3 is 1. The van der Waals surface area contributed by atoms with Gasteiger partial charge in [0.05, 0.1) is 24.6 Å². The van der Waals surface area contributed by atoms with E-state index >= 15 is 0 Å². The molecule has 1 aliphatic heterocycles. The van der Waals surface area contributed by atoms with Crippen LogP contribution >= 0.6 is 11.6 Å². The summed E-state index contributed by atoms with van der Waals surface area (Å²) in [6.45, 7) is 5.18. The lowest BCUT2D eigenvalue weighted by Crippen LogP contribution is -2.54. The predicted molar refractivity (Wildman–Crippen MR) is 118 cm³/mol. The monoisotopic (exact) mass is 485 g/mol. The van der Waals surface area contributed by atoms with E-state index in [9.17, 15) is 29.1 Å². The first-order chi connectivity index (χ1) is 15.5. The highest BCUT2D eigenvalue weighted by atomic mass is 35.5. The highest BCUT2D eigenvalue weighted by molar-refractivity contribution is 6.31. The van der Waals surface area contributed by atoms with Crippen LogP contribution < -0.4 is 10.6 Å². The Labute approximate surface area is 196 Å². The number of carbonyl (C=O) groups is 5. The van der Waals surface area contributed by atoms with Crippen molar-refractivity contribution in [3.05, 3.63) is 35.3 Å². The summed E-state index contributed by atoms with van der Waals surface area (Å²) in [5.74, 6) is -3.31. The van der Waals surface area contributed by atoms with Crippen LogP contribution in [0.5, 0.6) is 0 Å². The summed E-state index contributed by atoms with van der Waals surface area (Å²) < 4.78 is 4.88. The summed E-state index contributed by atoms with van der Waals surface area (Å²) in [7, 11) is 1.31. The number of aliphatic hydroxyl groups is 1. The minimum atomic E-state index is -1.25. The summed E-state index contributed by atoms with van der Waals surface area (Å²) >= 11 is 5.93. The van der Waals surface area contributed by atoms with E-state index in [1.807, 2.05) is 0 Å².